The first-order valence-electron chi connectivity index (χ1n) is 8.11. The van der Waals surface area contributed by atoms with Gasteiger partial charge in [0.1, 0.15) is 12.4 Å². The summed E-state index contributed by atoms with van der Waals surface area (Å²) >= 11 is 0. The molecule has 1 aromatic carbocycles. The van der Waals surface area contributed by atoms with Gasteiger partial charge < -0.3 is 14.6 Å². The topological polar surface area (TPSA) is 85.6 Å². The van der Waals surface area contributed by atoms with E-state index in [1.165, 1.54) is 13.4 Å². The second-order valence-corrected chi connectivity index (χ2v) is 5.91. The van der Waals surface area contributed by atoms with Gasteiger partial charge in [-0.05, 0) is 43.0 Å². The lowest BCUT2D eigenvalue weighted by molar-refractivity contribution is 0.0600. The summed E-state index contributed by atoms with van der Waals surface area (Å²) in [5, 5.41) is 3.02. The van der Waals surface area contributed by atoms with Gasteiger partial charge in [-0.2, -0.15) is 0 Å². The molecule has 0 saturated heterocycles. The highest BCUT2D eigenvalue weighted by Gasteiger charge is 2.19. The number of nitrogens with one attached hydrogen (secondary N) is 1. The van der Waals surface area contributed by atoms with Gasteiger partial charge in [-0.1, -0.05) is 6.07 Å². The molecule has 1 aliphatic heterocycles. The molecule has 2 aromatic rings. The molecule has 3 rings (SSSR count). The third-order valence-electron chi connectivity index (χ3n) is 4.24. The van der Waals surface area contributed by atoms with Gasteiger partial charge in [-0.3, -0.25) is 9.79 Å². The Hall–Kier alpha value is -2.96. The Morgan fingerprint density at radius 3 is 3.04 bits per heavy atom. The Kier molecular flexibility index (Phi) is 4.92. The third-order valence-corrected chi connectivity index (χ3v) is 4.24. The normalized spacial score (nSPS) is 13.1. The number of anilines is 1. The zero-order chi connectivity index (χ0) is 17.8. The Bertz CT molecular complexity index is 839. The van der Waals surface area contributed by atoms with Crippen LogP contribution in [0.15, 0.2) is 29.5 Å². The molecule has 0 amide bonds. The summed E-state index contributed by atoms with van der Waals surface area (Å²) < 4.78 is 6.70. The van der Waals surface area contributed by atoms with Crippen molar-refractivity contribution in [2.75, 3.05) is 19.0 Å². The Balaban J connectivity index is 1.69. The van der Waals surface area contributed by atoms with Gasteiger partial charge in [0.2, 0.25) is 5.78 Å². The fourth-order valence-corrected chi connectivity index (χ4v) is 2.84. The number of carbonyl (C=O) groups is 2. The van der Waals surface area contributed by atoms with E-state index in [-0.39, 0.29) is 18.3 Å². The molecule has 0 atom stereocenters. The molecule has 7 nitrogen and oxygen atoms in total. The minimum atomic E-state index is -0.330. The van der Waals surface area contributed by atoms with Crippen molar-refractivity contribution in [3.05, 3.63) is 46.9 Å². The standard InChI is InChI=1S/C18H20N4O3/c1-12-5-6-14(18(24)25-2)8-13(12)4-3-7-22-11-21-16-15(23)9-19-10-20-17(16)22/h5-6,8,10-11H,3-4,7,9H2,1-2H3,(H,19,20). The number of esters is 1. The van der Waals surface area contributed by atoms with E-state index in [4.69, 9.17) is 4.74 Å². The average Bonchev–Trinajstić information content (AvgIpc) is 2.93. The van der Waals surface area contributed by atoms with E-state index in [1.54, 1.807) is 12.4 Å². The van der Waals surface area contributed by atoms with Crippen molar-refractivity contribution in [1.82, 2.24) is 9.55 Å². The lowest BCUT2D eigenvalue weighted by atomic mass is 10.0. The molecule has 0 radical (unpaired) electrons. The van der Waals surface area contributed by atoms with Crippen LogP contribution in [0.1, 0.15) is 38.4 Å². The minimum absolute atomic E-state index is 0.0865. The first kappa shape index (κ1) is 16.9. The Morgan fingerprint density at radius 1 is 1.40 bits per heavy atom. The number of ether oxygens (including phenoxy) is 1. The number of aryl methyl sites for hydroxylation is 3. The predicted molar refractivity (Wildman–Crippen MR) is 94.4 cm³/mol. The van der Waals surface area contributed by atoms with Crippen LogP contribution >= 0.6 is 0 Å². The highest BCUT2D eigenvalue weighted by Crippen LogP contribution is 2.19. The van der Waals surface area contributed by atoms with E-state index in [9.17, 15) is 9.59 Å². The number of benzene rings is 1. The fraction of sp³-hybridized carbons (Fsp3) is 0.333. The lowest BCUT2D eigenvalue weighted by Gasteiger charge is -2.10. The molecule has 0 fully saturated rings. The zero-order valence-electron chi connectivity index (χ0n) is 14.3. The van der Waals surface area contributed by atoms with Crippen LogP contribution in [0.5, 0.6) is 0 Å². The number of Topliss-reactive ketones (excluding diaryl/α,β-unsaturated/α-hetero) is 1. The van der Waals surface area contributed by atoms with E-state index < -0.39 is 0 Å². The predicted octanol–water partition coefficient (Wildman–Crippen LogP) is 2.25. The van der Waals surface area contributed by atoms with Crippen LogP contribution in [0.25, 0.3) is 0 Å². The molecule has 1 aromatic heterocycles. The van der Waals surface area contributed by atoms with Crippen molar-refractivity contribution >= 4 is 23.9 Å². The van der Waals surface area contributed by atoms with Crippen molar-refractivity contribution < 1.29 is 14.3 Å². The summed E-state index contributed by atoms with van der Waals surface area (Å²) in [5.41, 5.74) is 3.24. The van der Waals surface area contributed by atoms with Gasteiger partial charge in [-0.15, -0.1) is 0 Å². The molecular formula is C18H20N4O3. The molecule has 0 aliphatic carbocycles. The quantitative estimate of drug-likeness (QED) is 0.844. The van der Waals surface area contributed by atoms with Crippen LogP contribution in [0.3, 0.4) is 0 Å². The molecule has 130 valence electrons. The summed E-state index contributed by atoms with van der Waals surface area (Å²) in [6, 6.07) is 5.58. The maximum Gasteiger partial charge on any atom is 0.337 e. The summed E-state index contributed by atoms with van der Waals surface area (Å²) in [7, 11) is 1.38. The molecule has 0 bridgehead atoms. The maximum absolute atomic E-state index is 11.9. The number of fused-ring (bicyclic) bond motifs is 1. The van der Waals surface area contributed by atoms with Crippen molar-refractivity contribution in [1.29, 1.82) is 0 Å². The summed E-state index contributed by atoms with van der Waals surface area (Å²) in [5.74, 6) is 0.270. The van der Waals surface area contributed by atoms with E-state index in [1.807, 2.05) is 23.6 Å². The van der Waals surface area contributed by atoms with E-state index in [0.29, 0.717) is 23.6 Å². The number of nitrogens with zero attached hydrogens (tertiary/aromatic N) is 3. The molecule has 1 N–H and O–H groups in total. The van der Waals surface area contributed by atoms with E-state index >= 15 is 0 Å². The summed E-state index contributed by atoms with van der Waals surface area (Å²) in [6.07, 6.45) is 4.87. The lowest BCUT2D eigenvalue weighted by Crippen LogP contribution is -2.08. The zero-order valence-corrected chi connectivity index (χ0v) is 14.3. The van der Waals surface area contributed by atoms with Crippen LogP contribution in [-0.2, 0) is 17.7 Å². The molecule has 0 saturated carbocycles. The van der Waals surface area contributed by atoms with Crippen LogP contribution in [-0.4, -0.2) is 41.3 Å². The molecule has 2 heterocycles. The number of methoxy groups -OCH3 is 1. The van der Waals surface area contributed by atoms with Gasteiger partial charge in [0.25, 0.3) is 0 Å². The van der Waals surface area contributed by atoms with E-state index in [0.717, 1.165) is 24.0 Å². The molecular weight excluding hydrogens is 320 g/mol. The first-order valence-corrected chi connectivity index (χ1v) is 8.11. The number of aliphatic imine (C=N–C) groups is 1. The van der Waals surface area contributed by atoms with Crippen LogP contribution < -0.4 is 5.32 Å². The van der Waals surface area contributed by atoms with Gasteiger partial charge >= 0.3 is 5.97 Å². The largest absolute Gasteiger partial charge is 0.465 e. The Labute approximate surface area is 145 Å². The Morgan fingerprint density at radius 2 is 2.24 bits per heavy atom. The van der Waals surface area contributed by atoms with Crippen molar-refractivity contribution in [2.24, 2.45) is 4.99 Å². The van der Waals surface area contributed by atoms with Crippen molar-refractivity contribution in [3.8, 4) is 0 Å². The summed E-state index contributed by atoms with van der Waals surface area (Å²) in [6.45, 7) is 2.85. The maximum atomic E-state index is 11.9. The number of carbonyl (C=O) groups excluding carboxylic acids is 2. The SMILES string of the molecule is COC(=O)c1ccc(C)c(CCCn2cnc3c2NC=NCC3=O)c1. The number of imidazole rings is 1. The van der Waals surface area contributed by atoms with Gasteiger partial charge in [0.05, 0.1) is 25.3 Å². The number of ketones is 1. The second kappa shape index (κ2) is 7.29. The molecule has 0 unspecified atom stereocenters. The van der Waals surface area contributed by atoms with Crippen LogP contribution in [0.4, 0.5) is 5.82 Å². The number of hydrogen-bond acceptors (Lipinski definition) is 6. The fourth-order valence-electron chi connectivity index (χ4n) is 2.84. The molecule has 1 aliphatic rings. The molecule has 25 heavy (non-hydrogen) atoms. The van der Waals surface area contributed by atoms with Gasteiger partial charge in [-0.25, -0.2) is 9.78 Å². The van der Waals surface area contributed by atoms with Gasteiger partial charge in [0.15, 0.2) is 5.69 Å². The van der Waals surface area contributed by atoms with Crippen LogP contribution in [0, 0.1) is 6.92 Å². The van der Waals surface area contributed by atoms with Crippen LogP contribution in [0.2, 0.25) is 0 Å². The second-order valence-electron chi connectivity index (χ2n) is 5.91. The average molecular weight is 340 g/mol. The highest BCUT2D eigenvalue weighted by molar-refractivity contribution is 6.04. The molecule has 0 spiro atoms. The third kappa shape index (κ3) is 3.60. The minimum Gasteiger partial charge on any atom is -0.465 e. The monoisotopic (exact) mass is 340 g/mol. The van der Waals surface area contributed by atoms with Crippen molar-refractivity contribution in [2.45, 2.75) is 26.3 Å². The number of rotatable bonds is 5. The first-order chi connectivity index (χ1) is 12.1. The van der Waals surface area contributed by atoms with Gasteiger partial charge in [0, 0.05) is 6.54 Å². The van der Waals surface area contributed by atoms with E-state index in [2.05, 4.69) is 15.3 Å². The highest BCUT2D eigenvalue weighted by atomic mass is 16.5. The molecule has 7 heteroatoms. The number of aromatic nitrogens is 2. The summed E-state index contributed by atoms with van der Waals surface area (Å²) in [4.78, 5) is 31.8. The van der Waals surface area contributed by atoms with Crippen molar-refractivity contribution in [3.63, 3.8) is 0 Å². The number of hydrogen-bond donors (Lipinski definition) is 1. The smallest absolute Gasteiger partial charge is 0.337 e.